The molecular formula is C19H29N7O8S. The zero-order valence-electron chi connectivity index (χ0n) is 18.9. The van der Waals surface area contributed by atoms with Crippen LogP contribution in [0.1, 0.15) is 25.0 Å². The second-order valence-electron chi connectivity index (χ2n) is 7.46. The largest absolute Gasteiger partial charge is 0.481 e. The molecule has 0 saturated heterocycles. The summed E-state index contributed by atoms with van der Waals surface area (Å²) in [5.74, 6) is -6.03. The van der Waals surface area contributed by atoms with Gasteiger partial charge in [-0.05, 0) is 18.4 Å². The fourth-order valence-corrected chi connectivity index (χ4v) is 3.31. The molecule has 0 aliphatic carbocycles. The molecule has 0 aliphatic rings. The fraction of sp³-hybridized carbons (Fsp3) is 0.526. The molecular weight excluding hydrogens is 486 g/mol. The Morgan fingerprint density at radius 2 is 1.60 bits per heavy atom. The number of carbonyl (C=O) groups excluding carboxylic acids is 4. The summed E-state index contributed by atoms with van der Waals surface area (Å²) in [5, 5.41) is 25.3. The molecule has 16 heteroatoms. The van der Waals surface area contributed by atoms with E-state index >= 15 is 0 Å². The van der Waals surface area contributed by atoms with Crippen molar-refractivity contribution in [3.05, 3.63) is 18.2 Å². The van der Waals surface area contributed by atoms with Gasteiger partial charge in [-0.25, -0.2) is 9.78 Å². The molecule has 1 aromatic rings. The second-order valence-corrected chi connectivity index (χ2v) is 8.44. The van der Waals surface area contributed by atoms with E-state index in [9.17, 15) is 39.0 Å². The molecule has 0 saturated carbocycles. The normalized spacial score (nSPS) is 14.1. The summed E-state index contributed by atoms with van der Waals surface area (Å²) in [5.41, 5.74) is 11.1. The van der Waals surface area contributed by atoms with Gasteiger partial charge in [-0.15, -0.1) is 0 Å². The summed E-state index contributed by atoms with van der Waals surface area (Å²) in [6, 6.07) is -5.64. The Kier molecular flexibility index (Phi) is 12.2. The first-order valence-corrected chi connectivity index (χ1v) is 11.7. The van der Waals surface area contributed by atoms with Crippen molar-refractivity contribution >= 4 is 47.3 Å². The van der Waals surface area contributed by atoms with E-state index in [1.54, 1.807) is 6.26 Å². The SMILES string of the molecule is CSCCC(NC(=O)C(CC(=O)O)NC(=O)C(Cc1cnc[nH]1)NC(=O)C(N)CC(N)=O)C(=O)O. The number of aromatic amines is 1. The summed E-state index contributed by atoms with van der Waals surface area (Å²) in [6.45, 7) is 0. The Balaban J connectivity index is 3.04. The number of primary amides is 1. The number of hydrogen-bond acceptors (Lipinski definition) is 9. The lowest BCUT2D eigenvalue weighted by atomic mass is 10.1. The number of amides is 4. The highest BCUT2D eigenvalue weighted by atomic mass is 32.2. The first-order valence-electron chi connectivity index (χ1n) is 10.3. The second kappa shape index (κ2) is 14.6. The van der Waals surface area contributed by atoms with E-state index in [1.807, 2.05) is 0 Å². The van der Waals surface area contributed by atoms with Gasteiger partial charge >= 0.3 is 11.9 Å². The number of nitrogens with one attached hydrogen (secondary N) is 4. The van der Waals surface area contributed by atoms with Gasteiger partial charge in [0.05, 0.1) is 25.2 Å². The highest BCUT2D eigenvalue weighted by molar-refractivity contribution is 7.98. The molecule has 0 radical (unpaired) electrons. The van der Waals surface area contributed by atoms with Crippen LogP contribution in [0.3, 0.4) is 0 Å². The van der Waals surface area contributed by atoms with Crippen LogP contribution in [0.5, 0.6) is 0 Å². The number of nitrogens with zero attached hydrogens (tertiary/aromatic N) is 1. The molecule has 0 spiro atoms. The van der Waals surface area contributed by atoms with Gasteiger partial charge in [0.1, 0.15) is 18.1 Å². The molecule has 0 aliphatic heterocycles. The molecule has 0 bridgehead atoms. The maximum absolute atomic E-state index is 13.0. The summed E-state index contributed by atoms with van der Waals surface area (Å²) in [4.78, 5) is 78.2. The van der Waals surface area contributed by atoms with Crippen molar-refractivity contribution in [3.63, 3.8) is 0 Å². The molecule has 1 heterocycles. The predicted molar refractivity (Wildman–Crippen MR) is 123 cm³/mol. The first kappa shape index (κ1) is 29.4. The average Bonchev–Trinajstić information content (AvgIpc) is 3.27. The average molecular weight is 516 g/mol. The van der Waals surface area contributed by atoms with Crippen LogP contribution in [-0.4, -0.2) is 91.9 Å². The van der Waals surface area contributed by atoms with E-state index < -0.39 is 72.6 Å². The van der Waals surface area contributed by atoms with E-state index in [4.69, 9.17) is 11.5 Å². The van der Waals surface area contributed by atoms with Crippen molar-refractivity contribution in [2.75, 3.05) is 12.0 Å². The summed E-state index contributed by atoms with van der Waals surface area (Å²) in [6.07, 6.45) is 3.05. The lowest BCUT2D eigenvalue weighted by Crippen LogP contribution is -2.58. The molecule has 1 rings (SSSR count). The molecule has 0 fully saturated rings. The number of carboxylic acids is 2. The lowest BCUT2D eigenvalue weighted by Gasteiger charge is -2.24. The molecule has 0 aromatic carbocycles. The van der Waals surface area contributed by atoms with Crippen molar-refractivity contribution in [2.45, 2.75) is 49.9 Å². The number of hydrogen-bond donors (Lipinski definition) is 8. The Hall–Kier alpha value is -3.66. The zero-order chi connectivity index (χ0) is 26.5. The van der Waals surface area contributed by atoms with Crippen LogP contribution in [0.2, 0.25) is 0 Å². The quantitative estimate of drug-likeness (QED) is 0.109. The molecule has 4 atom stereocenters. The summed E-state index contributed by atoms with van der Waals surface area (Å²) in [7, 11) is 0. The third-order valence-corrected chi connectivity index (χ3v) is 5.25. The Bertz CT molecular complexity index is 911. The van der Waals surface area contributed by atoms with Gasteiger partial charge in [0.2, 0.25) is 23.6 Å². The van der Waals surface area contributed by atoms with Gasteiger partial charge in [0.25, 0.3) is 0 Å². The number of carbonyl (C=O) groups is 6. The number of aliphatic carboxylic acids is 2. The summed E-state index contributed by atoms with van der Waals surface area (Å²) >= 11 is 1.36. The van der Waals surface area contributed by atoms with E-state index in [1.165, 1.54) is 24.3 Å². The van der Waals surface area contributed by atoms with Crippen molar-refractivity contribution in [3.8, 4) is 0 Å². The van der Waals surface area contributed by atoms with Crippen LogP contribution in [0.4, 0.5) is 0 Å². The minimum absolute atomic E-state index is 0.0756. The third kappa shape index (κ3) is 10.9. The van der Waals surface area contributed by atoms with Crippen LogP contribution >= 0.6 is 11.8 Å². The van der Waals surface area contributed by atoms with Crippen molar-refractivity contribution in [1.82, 2.24) is 25.9 Å². The number of aromatic nitrogens is 2. The Morgan fingerprint density at radius 1 is 1.00 bits per heavy atom. The lowest BCUT2D eigenvalue weighted by molar-refractivity contribution is -0.143. The van der Waals surface area contributed by atoms with Gasteiger partial charge in [0, 0.05) is 18.3 Å². The fourth-order valence-electron chi connectivity index (χ4n) is 2.84. The van der Waals surface area contributed by atoms with Crippen molar-refractivity contribution in [2.24, 2.45) is 11.5 Å². The monoisotopic (exact) mass is 515 g/mol. The molecule has 1 aromatic heterocycles. The van der Waals surface area contributed by atoms with Gasteiger partial charge in [-0.3, -0.25) is 24.0 Å². The number of H-pyrrole nitrogens is 1. The van der Waals surface area contributed by atoms with E-state index in [0.29, 0.717) is 11.4 Å². The van der Waals surface area contributed by atoms with E-state index in [-0.39, 0.29) is 12.8 Å². The maximum atomic E-state index is 13.0. The molecule has 10 N–H and O–H groups in total. The number of thioether (sulfide) groups is 1. The van der Waals surface area contributed by atoms with Crippen LogP contribution in [0, 0.1) is 0 Å². The van der Waals surface area contributed by atoms with Crippen LogP contribution in [0.15, 0.2) is 12.5 Å². The van der Waals surface area contributed by atoms with Crippen molar-refractivity contribution < 1.29 is 39.0 Å². The van der Waals surface area contributed by atoms with E-state index in [0.717, 1.165) is 0 Å². The van der Waals surface area contributed by atoms with Crippen LogP contribution < -0.4 is 27.4 Å². The molecule has 4 unspecified atom stereocenters. The number of carboxylic acid groups (broad SMARTS) is 2. The predicted octanol–water partition coefficient (Wildman–Crippen LogP) is -3.08. The molecule has 194 valence electrons. The summed E-state index contributed by atoms with van der Waals surface area (Å²) < 4.78 is 0. The Labute approximate surface area is 204 Å². The smallest absolute Gasteiger partial charge is 0.326 e. The van der Waals surface area contributed by atoms with Gasteiger partial charge in [0.15, 0.2) is 0 Å². The zero-order valence-corrected chi connectivity index (χ0v) is 19.7. The third-order valence-electron chi connectivity index (χ3n) is 4.61. The number of imidazole rings is 1. The molecule has 15 nitrogen and oxygen atoms in total. The minimum atomic E-state index is -1.64. The number of nitrogens with two attached hydrogens (primary N) is 2. The van der Waals surface area contributed by atoms with Gasteiger partial charge in [-0.2, -0.15) is 11.8 Å². The Morgan fingerprint density at radius 3 is 2.11 bits per heavy atom. The molecule has 35 heavy (non-hydrogen) atoms. The van der Waals surface area contributed by atoms with Gasteiger partial charge in [-0.1, -0.05) is 0 Å². The van der Waals surface area contributed by atoms with Gasteiger partial charge < -0.3 is 42.6 Å². The standard InChI is InChI=1S/C19H29N7O8S/c1-35-3-2-11(19(33)34)24-18(32)13(6-15(28)29)26-17(31)12(4-9-7-22-8-23-9)25-16(30)10(20)5-14(21)27/h7-8,10-13H,2-6,20H2,1H3,(H2,21,27)(H,22,23)(H,24,32)(H,25,30)(H,26,31)(H,28,29)(H,33,34). The van der Waals surface area contributed by atoms with E-state index in [2.05, 4.69) is 25.9 Å². The highest BCUT2D eigenvalue weighted by Gasteiger charge is 2.32. The van der Waals surface area contributed by atoms with Crippen LogP contribution in [0.25, 0.3) is 0 Å². The number of rotatable bonds is 16. The maximum Gasteiger partial charge on any atom is 0.326 e. The minimum Gasteiger partial charge on any atom is -0.481 e. The molecule has 4 amide bonds. The topological polar surface area (TPSA) is 260 Å². The first-order chi connectivity index (χ1) is 16.4. The highest BCUT2D eigenvalue weighted by Crippen LogP contribution is 2.05. The van der Waals surface area contributed by atoms with Crippen molar-refractivity contribution in [1.29, 1.82) is 0 Å². The van der Waals surface area contributed by atoms with Crippen LogP contribution in [-0.2, 0) is 35.2 Å².